The Morgan fingerprint density at radius 3 is 2.53 bits per heavy atom. The molecule has 90 valence electrons. The highest BCUT2D eigenvalue weighted by Gasteiger charge is 2.03. The van der Waals surface area contributed by atoms with Crippen LogP contribution in [0.3, 0.4) is 0 Å². The average molecular weight is 266 g/mol. The van der Waals surface area contributed by atoms with Gasteiger partial charge in [0, 0.05) is 9.92 Å². The van der Waals surface area contributed by atoms with Gasteiger partial charge in [-0.3, -0.25) is 4.99 Å². The van der Waals surface area contributed by atoms with Gasteiger partial charge in [0.25, 0.3) is 0 Å². The molecule has 1 aromatic rings. The van der Waals surface area contributed by atoms with Gasteiger partial charge >= 0.3 is 0 Å². The van der Waals surface area contributed by atoms with E-state index in [1.807, 2.05) is 37.3 Å². The lowest BCUT2D eigenvalue weighted by Crippen LogP contribution is -1.82. The number of aliphatic imine (C=N–C) groups is 1. The van der Waals surface area contributed by atoms with Crippen LogP contribution in [-0.2, 0) is 0 Å². The van der Waals surface area contributed by atoms with Gasteiger partial charge in [0.2, 0.25) is 0 Å². The van der Waals surface area contributed by atoms with E-state index in [0.717, 1.165) is 21.4 Å². The summed E-state index contributed by atoms with van der Waals surface area (Å²) in [6.07, 6.45) is 5.04. The first-order chi connectivity index (χ1) is 8.21. The van der Waals surface area contributed by atoms with Crippen molar-refractivity contribution in [1.82, 2.24) is 0 Å². The molecule has 0 atom stereocenters. The fourth-order valence-electron chi connectivity index (χ4n) is 1.36. The maximum absolute atomic E-state index is 5.85. The molecule has 0 saturated carbocycles. The van der Waals surface area contributed by atoms with E-state index in [1.165, 1.54) is 5.57 Å². The van der Waals surface area contributed by atoms with E-state index in [-0.39, 0.29) is 0 Å². The normalized spacial score (nSPS) is 12.6. The highest BCUT2D eigenvalue weighted by Crippen LogP contribution is 2.31. The summed E-state index contributed by atoms with van der Waals surface area (Å²) < 4.78 is 0. The van der Waals surface area contributed by atoms with E-state index in [9.17, 15) is 0 Å². The smallest absolute Gasteiger partial charge is 0.103 e. The Balaban J connectivity index is 2.96. The Kier molecular flexibility index (Phi) is 6.09. The molecule has 0 heterocycles. The molecule has 0 N–H and O–H groups in total. The van der Waals surface area contributed by atoms with Crippen LogP contribution < -0.4 is 0 Å². The zero-order valence-electron chi connectivity index (χ0n) is 10.1. The van der Waals surface area contributed by atoms with Crippen molar-refractivity contribution in [1.29, 1.82) is 0 Å². The average Bonchev–Trinajstić information content (AvgIpc) is 2.36. The molecule has 0 spiro atoms. The number of halogens is 1. The van der Waals surface area contributed by atoms with Crippen molar-refractivity contribution in [3.8, 4) is 0 Å². The van der Waals surface area contributed by atoms with Gasteiger partial charge in [0.15, 0.2) is 0 Å². The summed E-state index contributed by atoms with van der Waals surface area (Å²) in [7, 11) is 0. The van der Waals surface area contributed by atoms with Crippen molar-refractivity contribution >= 4 is 30.1 Å². The molecular formula is C14H16ClNS. The lowest BCUT2D eigenvalue weighted by atomic mass is 10.2. The Bertz CT molecular complexity index is 432. The summed E-state index contributed by atoms with van der Waals surface area (Å²) in [5, 5.41) is 1.70. The molecule has 0 radical (unpaired) electrons. The number of rotatable bonds is 5. The van der Waals surface area contributed by atoms with E-state index >= 15 is 0 Å². The van der Waals surface area contributed by atoms with Gasteiger partial charge in [-0.25, -0.2) is 0 Å². The molecule has 0 aliphatic heterocycles. The van der Waals surface area contributed by atoms with Gasteiger partial charge in [-0.1, -0.05) is 42.4 Å². The lowest BCUT2D eigenvalue weighted by molar-refractivity contribution is 1.13. The maximum atomic E-state index is 5.85. The SMILES string of the molecule is C=N/C(Sc1ccc(Cl)cc1)=C(\C=C/C)CC. The van der Waals surface area contributed by atoms with Crippen LogP contribution in [0.5, 0.6) is 0 Å². The number of hydrogen-bond acceptors (Lipinski definition) is 2. The van der Waals surface area contributed by atoms with Crippen molar-refractivity contribution in [2.45, 2.75) is 25.2 Å². The number of benzene rings is 1. The van der Waals surface area contributed by atoms with Gasteiger partial charge in [0.05, 0.1) is 0 Å². The van der Waals surface area contributed by atoms with Crippen molar-refractivity contribution in [3.63, 3.8) is 0 Å². The molecule has 0 aliphatic rings. The fraction of sp³-hybridized carbons (Fsp3) is 0.214. The van der Waals surface area contributed by atoms with Crippen LogP contribution in [0.15, 0.2) is 56.9 Å². The van der Waals surface area contributed by atoms with Gasteiger partial charge in [0.1, 0.15) is 5.03 Å². The summed E-state index contributed by atoms with van der Waals surface area (Å²) in [5.41, 5.74) is 1.20. The minimum absolute atomic E-state index is 0.746. The van der Waals surface area contributed by atoms with Gasteiger partial charge in [-0.05, 0) is 49.9 Å². The second-order valence-corrected chi connectivity index (χ2v) is 4.90. The second-order valence-electron chi connectivity index (χ2n) is 3.40. The highest BCUT2D eigenvalue weighted by atomic mass is 35.5. The quantitative estimate of drug-likeness (QED) is 0.398. The summed E-state index contributed by atoms with van der Waals surface area (Å²) in [4.78, 5) is 5.22. The van der Waals surface area contributed by atoms with Gasteiger partial charge < -0.3 is 0 Å². The molecule has 0 unspecified atom stereocenters. The summed E-state index contributed by atoms with van der Waals surface area (Å²) >= 11 is 7.46. The van der Waals surface area contributed by atoms with Crippen LogP contribution in [0, 0.1) is 0 Å². The topological polar surface area (TPSA) is 12.4 Å². The summed E-state index contributed by atoms with van der Waals surface area (Å²) in [6.45, 7) is 7.75. The molecule has 1 nitrogen and oxygen atoms in total. The van der Waals surface area contributed by atoms with E-state index in [4.69, 9.17) is 11.6 Å². The maximum Gasteiger partial charge on any atom is 0.103 e. The number of thioether (sulfide) groups is 1. The van der Waals surface area contributed by atoms with E-state index in [0.29, 0.717) is 0 Å². The van der Waals surface area contributed by atoms with Crippen molar-refractivity contribution in [2.24, 2.45) is 4.99 Å². The molecule has 1 aromatic carbocycles. The number of hydrogen-bond donors (Lipinski definition) is 0. The molecule has 17 heavy (non-hydrogen) atoms. The van der Waals surface area contributed by atoms with Crippen LogP contribution in [-0.4, -0.2) is 6.72 Å². The third-order valence-electron chi connectivity index (χ3n) is 2.20. The van der Waals surface area contributed by atoms with Crippen molar-refractivity contribution in [2.75, 3.05) is 0 Å². The van der Waals surface area contributed by atoms with Gasteiger partial charge in [-0.15, -0.1) is 0 Å². The number of allylic oxidation sites excluding steroid dienone is 3. The third-order valence-corrected chi connectivity index (χ3v) is 3.54. The molecule has 0 fully saturated rings. The van der Waals surface area contributed by atoms with E-state index < -0.39 is 0 Å². The molecule has 1 rings (SSSR count). The molecule has 0 bridgehead atoms. The molecule has 3 heteroatoms. The molecule has 0 aliphatic carbocycles. The third kappa shape index (κ3) is 4.41. The predicted molar refractivity (Wildman–Crippen MR) is 79.0 cm³/mol. The highest BCUT2D eigenvalue weighted by molar-refractivity contribution is 8.03. The van der Waals surface area contributed by atoms with E-state index in [1.54, 1.807) is 11.8 Å². The molecule has 0 amide bonds. The first-order valence-electron chi connectivity index (χ1n) is 5.47. The second kappa shape index (κ2) is 7.36. The van der Waals surface area contributed by atoms with Crippen molar-refractivity contribution < 1.29 is 0 Å². The minimum atomic E-state index is 0.746. The Morgan fingerprint density at radius 2 is 2.06 bits per heavy atom. The summed E-state index contributed by atoms with van der Waals surface area (Å²) in [6, 6.07) is 7.74. The zero-order valence-corrected chi connectivity index (χ0v) is 11.7. The van der Waals surface area contributed by atoms with Crippen LogP contribution in [0.2, 0.25) is 5.02 Å². The fourth-order valence-corrected chi connectivity index (χ4v) is 2.38. The Morgan fingerprint density at radius 1 is 1.41 bits per heavy atom. The first kappa shape index (κ1) is 14.1. The largest absolute Gasteiger partial charge is 0.257 e. The molecular weight excluding hydrogens is 250 g/mol. The lowest BCUT2D eigenvalue weighted by Gasteiger charge is -2.06. The summed E-state index contributed by atoms with van der Waals surface area (Å²) in [5.74, 6) is 0. The van der Waals surface area contributed by atoms with Crippen LogP contribution in [0.4, 0.5) is 0 Å². The minimum Gasteiger partial charge on any atom is -0.257 e. The standard InChI is InChI=1S/C14H16ClNS/c1-4-6-11(5-2)14(16-3)17-13-9-7-12(15)8-10-13/h4,6-10H,3,5H2,1-2H3/b6-4-,14-11+. The number of nitrogens with zero attached hydrogens (tertiary/aromatic N) is 1. The molecule has 0 saturated heterocycles. The van der Waals surface area contributed by atoms with Crippen LogP contribution >= 0.6 is 23.4 Å². The predicted octanol–water partition coefficient (Wildman–Crippen LogP) is 5.33. The first-order valence-corrected chi connectivity index (χ1v) is 6.66. The monoisotopic (exact) mass is 265 g/mol. The van der Waals surface area contributed by atoms with Crippen LogP contribution in [0.1, 0.15) is 20.3 Å². The zero-order chi connectivity index (χ0) is 12.7. The van der Waals surface area contributed by atoms with Crippen molar-refractivity contribution in [3.05, 3.63) is 52.0 Å². The Labute approximate surface area is 112 Å². The van der Waals surface area contributed by atoms with Gasteiger partial charge in [-0.2, -0.15) is 0 Å². The van der Waals surface area contributed by atoms with Crippen LogP contribution in [0.25, 0.3) is 0 Å². The Hall–Kier alpha value is -0.990. The molecule has 0 aromatic heterocycles. The van der Waals surface area contributed by atoms with E-state index in [2.05, 4.69) is 24.7 Å².